The summed E-state index contributed by atoms with van der Waals surface area (Å²) in [6, 6.07) is 15.1. The molecule has 2 heterocycles. The highest BCUT2D eigenvalue weighted by molar-refractivity contribution is 5.97. The molecule has 7 nitrogen and oxygen atoms in total. The van der Waals surface area contributed by atoms with Gasteiger partial charge in [-0.05, 0) is 44.0 Å². The Morgan fingerprint density at radius 3 is 2.48 bits per heavy atom. The van der Waals surface area contributed by atoms with Gasteiger partial charge in [0.05, 0.1) is 13.0 Å². The largest absolute Gasteiger partial charge is 0.358 e. The Morgan fingerprint density at radius 1 is 0.968 bits per heavy atom. The summed E-state index contributed by atoms with van der Waals surface area (Å²) < 4.78 is 0. The molecule has 1 aliphatic rings. The summed E-state index contributed by atoms with van der Waals surface area (Å²) in [5.74, 6) is -0.713. The quantitative estimate of drug-likeness (QED) is 0.668. The molecule has 2 N–H and O–H groups in total. The van der Waals surface area contributed by atoms with Crippen LogP contribution in [0.3, 0.4) is 0 Å². The Kier molecular flexibility index (Phi) is 5.75. The number of aromatic amines is 1. The number of aromatic nitrogens is 1. The van der Waals surface area contributed by atoms with Crippen molar-refractivity contribution >= 4 is 28.6 Å². The zero-order valence-electron chi connectivity index (χ0n) is 17.8. The van der Waals surface area contributed by atoms with Gasteiger partial charge >= 0.3 is 0 Å². The zero-order valence-corrected chi connectivity index (χ0v) is 17.8. The summed E-state index contributed by atoms with van der Waals surface area (Å²) in [5.41, 5.74) is 4.39. The third-order valence-electron chi connectivity index (χ3n) is 5.64. The Labute approximate surface area is 181 Å². The van der Waals surface area contributed by atoms with E-state index in [9.17, 15) is 14.4 Å². The lowest BCUT2D eigenvalue weighted by molar-refractivity contribution is -0.156. The van der Waals surface area contributed by atoms with Crippen LogP contribution in [0.4, 0.5) is 0 Å². The van der Waals surface area contributed by atoms with Gasteiger partial charge in [0.15, 0.2) is 0 Å². The number of carbonyl (C=O) groups is 3. The lowest BCUT2D eigenvalue weighted by atomic mass is 10.1. The minimum Gasteiger partial charge on any atom is -0.358 e. The van der Waals surface area contributed by atoms with Gasteiger partial charge in [-0.3, -0.25) is 19.4 Å². The molecule has 0 radical (unpaired) electrons. The average Bonchev–Trinajstić information content (AvgIpc) is 3.37. The number of rotatable bonds is 5. The van der Waals surface area contributed by atoms with Crippen LogP contribution in [-0.4, -0.2) is 52.4 Å². The van der Waals surface area contributed by atoms with Crippen molar-refractivity contribution < 1.29 is 14.4 Å². The van der Waals surface area contributed by atoms with Gasteiger partial charge in [0.2, 0.25) is 5.91 Å². The molecule has 0 aliphatic carbocycles. The fourth-order valence-corrected chi connectivity index (χ4v) is 4.07. The Morgan fingerprint density at radius 2 is 1.71 bits per heavy atom. The number of carbonyl (C=O) groups excluding carboxylic acids is 3. The van der Waals surface area contributed by atoms with Gasteiger partial charge < -0.3 is 10.3 Å². The number of H-pyrrole nitrogens is 1. The van der Waals surface area contributed by atoms with Gasteiger partial charge in [0.1, 0.15) is 0 Å². The maximum atomic E-state index is 13.1. The van der Waals surface area contributed by atoms with E-state index in [1.165, 1.54) is 10.0 Å². The monoisotopic (exact) mass is 418 g/mol. The number of hydrazine groups is 1. The van der Waals surface area contributed by atoms with Crippen molar-refractivity contribution in [3.63, 3.8) is 0 Å². The van der Waals surface area contributed by atoms with Gasteiger partial charge in [-0.25, -0.2) is 5.01 Å². The number of aryl methyl sites for hydroxylation is 2. The zero-order chi connectivity index (χ0) is 22.0. The minimum atomic E-state index is -0.302. The average molecular weight is 418 g/mol. The molecular formula is C24H26N4O3. The van der Waals surface area contributed by atoms with Crippen LogP contribution in [0.15, 0.2) is 48.5 Å². The summed E-state index contributed by atoms with van der Waals surface area (Å²) in [5, 5.41) is 6.67. The summed E-state index contributed by atoms with van der Waals surface area (Å²) in [7, 11) is 0. The molecule has 0 saturated carbocycles. The van der Waals surface area contributed by atoms with Crippen molar-refractivity contribution in [3.8, 4) is 0 Å². The number of hydrogen-bond acceptors (Lipinski definition) is 3. The van der Waals surface area contributed by atoms with Crippen LogP contribution in [-0.2, 0) is 16.0 Å². The highest BCUT2D eigenvalue weighted by atomic mass is 16.2. The molecule has 1 aromatic heterocycles. The normalized spacial score (nSPS) is 13.6. The number of hydrogen-bond donors (Lipinski definition) is 2. The van der Waals surface area contributed by atoms with E-state index in [4.69, 9.17) is 0 Å². The van der Waals surface area contributed by atoms with Crippen molar-refractivity contribution in [2.24, 2.45) is 0 Å². The molecule has 0 bridgehead atoms. The molecule has 0 unspecified atom stereocenters. The fraction of sp³-hybridized carbons (Fsp3) is 0.292. The maximum Gasteiger partial charge on any atom is 0.260 e. The number of fused-ring (bicyclic) bond motifs is 1. The summed E-state index contributed by atoms with van der Waals surface area (Å²) in [6.45, 7) is 4.68. The van der Waals surface area contributed by atoms with Gasteiger partial charge in [-0.1, -0.05) is 35.9 Å². The summed E-state index contributed by atoms with van der Waals surface area (Å²) in [6.07, 6.45) is 0.936. The molecule has 0 spiro atoms. The molecule has 3 aromatic rings. The Bertz CT molecular complexity index is 1150. The van der Waals surface area contributed by atoms with Crippen molar-refractivity contribution in [3.05, 3.63) is 70.9 Å². The van der Waals surface area contributed by atoms with Crippen molar-refractivity contribution in [2.45, 2.75) is 26.7 Å². The second-order valence-electron chi connectivity index (χ2n) is 7.89. The van der Waals surface area contributed by atoms with Crippen LogP contribution < -0.4 is 5.32 Å². The van der Waals surface area contributed by atoms with Crippen LogP contribution in [0.2, 0.25) is 0 Å². The van der Waals surface area contributed by atoms with Gasteiger partial charge in [0.25, 0.3) is 11.8 Å². The SMILES string of the molecule is Cc1cccc(C(=O)NCC(=O)N2CCCN2C(=O)Cc2c(C)[nH]c3ccccc23)c1. The topological polar surface area (TPSA) is 85.5 Å². The maximum absolute atomic E-state index is 13.1. The van der Waals surface area contributed by atoms with E-state index in [0.717, 1.165) is 34.1 Å². The number of amides is 3. The number of nitrogens with zero attached hydrogens (tertiary/aromatic N) is 2. The molecule has 0 atom stereocenters. The first-order chi connectivity index (χ1) is 14.9. The van der Waals surface area contributed by atoms with Crippen molar-refractivity contribution in [1.29, 1.82) is 0 Å². The third kappa shape index (κ3) is 4.30. The number of nitrogens with one attached hydrogen (secondary N) is 2. The minimum absolute atomic E-state index is 0.122. The molecule has 1 aliphatic heterocycles. The van der Waals surface area contributed by atoms with Crippen LogP contribution in [0.5, 0.6) is 0 Å². The van der Waals surface area contributed by atoms with E-state index in [1.54, 1.807) is 18.2 Å². The predicted octanol–water partition coefficient (Wildman–Crippen LogP) is 2.73. The first-order valence-electron chi connectivity index (χ1n) is 10.5. The van der Waals surface area contributed by atoms with Gasteiger partial charge in [0, 0.05) is 35.2 Å². The fourth-order valence-electron chi connectivity index (χ4n) is 4.07. The molecule has 2 aromatic carbocycles. The van der Waals surface area contributed by atoms with Crippen molar-refractivity contribution in [2.75, 3.05) is 19.6 Å². The first-order valence-corrected chi connectivity index (χ1v) is 10.5. The van der Waals surface area contributed by atoms with Gasteiger partial charge in [-0.15, -0.1) is 0 Å². The summed E-state index contributed by atoms with van der Waals surface area (Å²) >= 11 is 0. The molecule has 31 heavy (non-hydrogen) atoms. The summed E-state index contributed by atoms with van der Waals surface area (Å²) in [4.78, 5) is 41.5. The second-order valence-corrected chi connectivity index (χ2v) is 7.89. The molecule has 160 valence electrons. The lowest BCUT2D eigenvalue weighted by Gasteiger charge is -2.28. The van der Waals surface area contributed by atoms with Crippen LogP contribution in [0.25, 0.3) is 10.9 Å². The molecule has 3 amide bonds. The molecule has 1 fully saturated rings. The smallest absolute Gasteiger partial charge is 0.260 e. The van der Waals surface area contributed by atoms with Crippen LogP contribution in [0, 0.1) is 13.8 Å². The lowest BCUT2D eigenvalue weighted by Crippen LogP contribution is -2.49. The Hall–Kier alpha value is -3.61. The van der Waals surface area contributed by atoms with Crippen molar-refractivity contribution in [1.82, 2.24) is 20.3 Å². The van der Waals surface area contributed by atoms with E-state index in [-0.39, 0.29) is 30.7 Å². The Balaban J connectivity index is 1.41. The molecule has 7 heteroatoms. The third-order valence-corrected chi connectivity index (χ3v) is 5.64. The van der Waals surface area contributed by atoms with Crippen LogP contribution in [0.1, 0.15) is 33.6 Å². The van der Waals surface area contributed by atoms with E-state index >= 15 is 0 Å². The van der Waals surface area contributed by atoms with E-state index in [0.29, 0.717) is 18.7 Å². The molecule has 4 rings (SSSR count). The molecule has 1 saturated heterocycles. The second kappa shape index (κ2) is 8.63. The van der Waals surface area contributed by atoms with E-state index in [1.807, 2.05) is 44.2 Å². The number of para-hydroxylation sites is 1. The highest BCUT2D eigenvalue weighted by Crippen LogP contribution is 2.24. The predicted molar refractivity (Wildman–Crippen MR) is 118 cm³/mol. The molecular weight excluding hydrogens is 392 g/mol. The van der Waals surface area contributed by atoms with Gasteiger partial charge in [-0.2, -0.15) is 0 Å². The highest BCUT2D eigenvalue weighted by Gasteiger charge is 2.31. The van der Waals surface area contributed by atoms with Crippen LogP contribution >= 0.6 is 0 Å². The standard InChI is InChI=1S/C24H26N4O3/c1-16-7-5-8-18(13-16)24(31)25-15-23(30)28-12-6-11-27(28)22(29)14-20-17(2)26-21-10-4-3-9-19(20)21/h3-5,7-10,13,26H,6,11-12,14-15H2,1-2H3,(H,25,31). The number of benzene rings is 2. The first kappa shape index (κ1) is 20.7. The van der Waals surface area contributed by atoms with E-state index in [2.05, 4.69) is 10.3 Å². The van der Waals surface area contributed by atoms with E-state index < -0.39 is 0 Å².